The predicted molar refractivity (Wildman–Crippen MR) is 68.7 cm³/mol. The third-order valence-corrected chi connectivity index (χ3v) is 3.93. The van der Waals surface area contributed by atoms with Crippen LogP contribution in [0.2, 0.25) is 0 Å². The van der Waals surface area contributed by atoms with Gasteiger partial charge in [-0.1, -0.05) is 6.92 Å². The highest BCUT2D eigenvalue weighted by molar-refractivity contribution is 4.75. The van der Waals surface area contributed by atoms with E-state index in [4.69, 9.17) is 4.74 Å². The van der Waals surface area contributed by atoms with Crippen molar-refractivity contribution in [3.05, 3.63) is 0 Å². The lowest BCUT2D eigenvalue weighted by Gasteiger charge is -2.34. The predicted octanol–water partition coefficient (Wildman–Crippen LogP) is 1.59. The molecule has 1 heterocycles. The second-order valence-electron chi connectivity index (χ2n) is 5.27. The molecule has 0 amide bonds. The van der Waals surface area contributed by atoms with Crippen LogP contribution in [0.25, 0.3) is 0 Å². The summed E-state index contributed by atoms with van der Waals surface area (Å²) in [6.07, 6.45) is 2.47. The summed E-state index contributed by atoms with van der Waals surface area (Å²) < 4.78 is 5.40. The normalized spacial score (nSPS) is 22.3. The van der Waals surface area contributed by atoms with Crippen molar-refractivity contribution in [2.45, 2.75) is 32.7 Å². The van der Waals surface area contributed by atoms with Crippen molar-refractivity contribution < 1.29 is 4.74 Å². The largest absolute Gasteiger partial charge is 0.381 e. The molecule has 3 heteroatoms. The van der Waals surface area contributed by atoms with Crippen LogP contribution in [0.1, 0.15) is 26.7 Å². The molecule has 16 heavy (non-hydrogen) atoms. The molecule has 0 aromatic heterocycles. The zero-order chi connectivity index (χ0) is 12.0. The van der Waals surface area contributed by atoms with Crippen LogP contribution in [0.3, 0.4) is 0 Å². The highest BCUT2D eigenvalue weighted by Crippen LogP contribution is 2.18. The number of hydrogen-bond donors (Lipinski definition) is 1. The van der Waals surface area contributed by atoms with E-state index in [1.54, 1.807) is 0 Å². The summed E-state index contributed by atoms with van der Waals surface area (Å²) in [4.78, 5) is 2.51. The lowest BCUT2D eigenvalue weighted by molar-refractivity contribution is 0.0476. The van der Waals surface area contributed by atoms with Crippen molar-refractivity contribution >= 4 is 0 Å². The fourth-order valence-corrected chi connectivity index (χ4v) is 2.43. The molecule has 0 saturated carbocycles. The Morgan fingerprint density at radius 2 is 1.94 bits per heavy atom. The van der Waals surface area contributed by atoms with Crippen LogP contribution >= 0.6 is 0 Å². The molecule has 0 bridgehead atoms. The van der Waals surface area contributed by atoms with Crippen LogP contribution in [0.5, 0.6) is 0 Å². The first-order valence-electron chi connectivity index (χ1n) is 6.57. The molecular formula is C13H28N2O. The first-order valence-corrected chi connectivity index (χ1v) is 6.57. The molecule has 1 rings (SSSR count). The fraction of sp³-hybridized carbons (Fsp3) is 1.00. The Labute approximate surface area is 101 Å². The van der Waals surface area contributed by atoms with Gasteiger partial charge >= 0.3 is 0 Å². The Morgan fingerprint density at radius 1 is 1.31 bits per heavy atom. The van der Waals surface area contributed by atoms with E-state index in [0.29, 0.717) is 12.0 Å². The van der Waals surface area contributed by atoms with Crippen molar-refractivity contribution in [2.75, 3.05) is 40.4 Å². The molecule has 3 nitrogen and oxygen atoms in total. The van der Waals surface area contributed by atoms with Gasteiger partial charge in [0.05, 0.1) is 0 Å². The van der Waals surface area contributed by atoms with Crippen LogP contribution in [0.15, 0.2) is 0 Å². The SMILES string of the molecule is CNCC(C)C(C)N(C)CC1CCOCC1. The average Bonchev–Trinajstić information content (AvgIpc) is 2.29. The number of hydrogen-bond acceptors (Lipinski definition) is 3. The van der Waals surface area contributed by atoms with E-state index in [-0.39, 0.29) is 0 Å². The lowest BCUT2D eigenvalue weighted by Crippen LogP contribution is -2.41. The van der Waals surface area contributed by atoms with E-state index in [1.165, 1.54) is 19.4 Å². The molecule has 1 fully saturated rings. The first-order chi connectivity index (χ1) is 7.65. The first kappa shape index (κ1) is 13.9. The standard InChI is InChI=1S/C13H28N2O/c1-11(9-14-3)12(2)15(4)10-13-5-7-16-8-6-13/h11-14H,5-10H2,1-4H3. The second kappa shape index (κ2) is 7.25. The Morgan fingerprint density at radius 3 is 2.50 bits per heavy atom. The van der Waals surface area contributed by atoms with Crippen molar-refractivity contribution in [3.63, 3.8) is 0 Å². The number of nitrogens with one attached hydrogen (secondary N) is 1. The zero-order valence-electron chi connectivity index (χ0n) is 11.3. The van der Waals surface area contributed by atoms with Crippen molar-refractivity contribution in [1.29, 1.82) is 0 Å². The van der Waals surface area contributed by atoms with Crippen molar-refractivity contribution in [3.8, 4) is 0 Å². The molecule has 0 aromatic carbocycles. The molecule has 2 unspecified atom stereocenters. The van der Waals surface area contributed by atoms with Gasteiger partial charge in [0.25, 0.3) is 0 Å². The van der Waals surface area contributed by atoms with E-state index in [9.17, 15) is 0 Å². The summed E-state index contributed by atoms with van der Waals surface area (Å²) in [5.74, 6) is 1.54. The van der Waals surface area contributed by atoms with Crippen molar-refractivity contribution in [2.24, 2.45) is 11.8 Å². The monoisotopic (exact) mass is 228 g/mol. The summed E-state index contributed by atoms with van der Waals surface area (Å²) in [6.45, 7) is 8.89. The summed E-state index contributed by atoms with van der Waals surface area (Å²) in [5.41, 5.74) is 0. The quantitative estimate of drug-likeness (QED) is 0.747. The van der Waals surface area contributed by atoms with Crippen LogP contribution in [0.4, 0.5) is 0 Å². The minimum absolute atomic E-state index is 0.648. The maximum Gasteiger partial charge on any atom is 0.0469 e. The van der Waals surface area contributed by atoms with E-state index in [2.05, 4.69) is 31.1 Å². The molecule has 1 aliphatic heterocycles. The third kappa shape index (κ3) is 4.40. The van der Waals surface area contributed by atoms with E-state index < -0.39 is 0 Å². The molecule has 0 aromatic rings. The maximum absolute atomic E-state index is 5.40. The van der Waals surface area contributed by atoms with Gasteiger partial charge < -0.3 is 15.0 Å². The van der Waals surface area contributed by atoms with Gasteiger partial charge in [-0.25, -0.2) is 0 Å². The molecule has 0 aliphatic carbocycles. The van der Waals surface area contributed by atoms with Gasteiger partial charge in [0, 0.05) is 25.8 Å². The molecule has 96 valence electrons. The average molecular weight is 228 g/mol. The smallest absolute Gasteiger partial charge is 0.0469 e. The van der Waals surface area contributed by atoms with Crippen LogP contribution < -0.4 is 5.32 Å². The van der Waals surface area contributed by atoms with E-state index >= 15 is 0 Å². The Hall–Kier alpha value is -0.120. The van der Waals surface area contributed by atoms with Crippen molar-refractivity contribution in [1.82, 2.24) is 10.2 Å². The van der Waals surface area contributed by atoms with Gasteiger partial charge in [0.15, 0.2) is 0 Å². The molecule has 0 radical (unpaired) electrons. The number of nitrogens with zero attached hydrogens (tertiary/aromatic N) is 1. The molecule has 0 spiro atoms. The Bertz CT molecular complexity index is 181. The molecule has 1 aliphatic rings. The van der Waals surface area contributed by atoms with Gasteiger partial charge in [-0.05, 0) is 52.2 Å². The molecule has 2 atom stereocenters. The maximum atomic E-state index is 5.40. The van der Waals surface area contributed by atoms with Gasteiger partial charge in [-0.15, -0.1) is 0 Å². The summed E-state index contributed by atoms with van der Waals surface area (Å²) in [7, 11) is 4.29. The van der Waals surface area contributed by atoms with Gasteiger partial charge in [0.1, 0.15) is 0 Å². The second-order valence-corrected chi connectivity index (χ2v) is 5.27. The van der Waals surface area contributed by atoms with E-state index in [0.717, 1.165) is 25.7 Å². The highest BCUT2D eigenvalue weighted by Gasteiger charge is 2.21. The summed E-state index contributed by atoms with van der Waals surface area (Å²) in [5, 5.41) is 3.26. The van der Waals surface area contributed by atoms with Crippen LogP contribution in [-0.2, 0) is 4.74 Å². The van der Waals surface area contributed by atoms with Gasteiger partial charge in [0.2, 0.25) is 0 Å². The van der Waals surface area contributed by atoms with E-state index in [1.807, 2.05) is 7.05 Å². The highest BCUT2D eigenvalue weighted by atomic mass is 16.5. The molecule has 1 saturated heterocycles. The summed E-state index contributed by atoms with van der Waals surface area (Å²) in [6, 6.07) is 0.648. The number of rotatable bonds is 6. The third-order valence-electron chi connectivity index (χ3n) is 3.93. The lowest BCUT2D eigenvalue weighted by atomic mass is 9.97. The molecular weight excluding hydrogens is 200 g/mol. The summed E-state index contributed by atoms with van der Waals surface area (Å²) >= 11 is 0. The Balaban J connectivity index is 2.29. The Kier molecular flexibility index (Phi) is 6.32. The van der Waals surface area contributed by atoms with Crippen LogP contribution in [0, 0.1) is 11.8 Å². The molecule has 1 N–H and O–H groups in total. The minimum atomic E-state index is 0.648. The number of ether oxygens (including phenoxy) is 1. The van der Waals surface area contributed by atoms with Gasteiger partial charge in [-0.2, -0.15) is 0 Å². The van der Waals surface area contributed by atoms with Crippen LogP contribution in [-0.4, -0.2) is 51.3 Å². The van der Waals surface area contributed by atoms with Gasteiger partial charge in [-0.3, -0.25) is 0 Å². The minimum Gasteiger partial charge on any atom is -0.381 e. The zero-order valence-corrected chi connectivity index (χ0v) is 11.3. The fourth-order valence-electron chi connectivity index (χ4n) is 2.43. The topological polar surface area (TPSA) is 24.5 Å².